The molecule has 0 spiro atoms. The van der Waals surface area contributed by atoms with Gasteiger partial charge in [-0.15, -0.1) is 18.8 Å². The zero-order valence-electron chi connectivity index (χ0n) is 8.01. The van der Waals surface area contributed by atoms with E-state index < -0.39 is 0 Å². The van der Waals surface area contributed by atoms with E-state index in [0.29, 0.717) is 0 Å². The van der Waals surface area contributed by atoms with E-state index in [4.69, 9.17) is 0 Å². The van der Waals surface area contributed by atoms with Crippen molar-refractivity contribution in [2.24, 2.45) is 0 Å². The van der Waals surface area contributed by atoms with Crippen molar-refractivity contribution in [3.8, 4) is 0 Å². The van der Waals surface area contributed by atoms with Gasteiger partial charge in [0.25, 0.3) is 0 Å². The van der Waals surface area contributed by atoms with Gasteiger partial charge in [0.1, 0.15) is 0 Å². The quantitative estimate of drug-likeness (QED) is 0.643. The van der Waals surface area contributed by atoms with Crippen molar-refractivity contribution in [3.05, 3.63) is 37.3 Å². The molecule has 1 fully saturated rings. The molecule has 0 N–H and O–H groups in total. The van der Waals surface area contributed by atoms with E-state index in [9.17, 15) is 0 Å². The first kappa shape index (κ1) is 14.7. The molecular formula is C9H16N2Y-2. The predicted octanol–water partition coefficient (Wildman–Crippen LogP) is 2.17. The molecule has 0 aromatic heterocycles. The molecule has 1 radical (unpaired) electrons. The van der Waals surface area contributed by atoms with Gasteiger partial charge in [-0.2, -0.15) is 0 Å². The molecule has 1 aliphatic rings. The third kappa shape index (κ3) is 3.28. The summed E-state index contributed by atoms with van der Waals surface area (Å²) in [5.74, 6) is 0. The second kappa shape index (κ2) is 6.67. The van der Waals surface area contributed by atoms with Crippen molar-refractivity contribution in [2.45, 2.75) is 6.92 Å². The molecule has 0 bridgehead atoms. The molecule has 3 heteroatoms. The summed E-state index contributed by atoms with van der Waals surface area (Å²) in [7, 11) is 0. The van der Waals surface area contributed by atoms with Gasteiger partial charge in [-0.05, 0) is 6.92 Å². The molecule has 0 atom stereocenters. The molecule has 1 saturated heterocycles. The van der Waals surface area contributed by atoms with Gasteiger partial charge in [0.05, 0.1) is 0 Å². The number of likely N-dealkylation sites (N-methyl/N-ethyl adjacent to an activating group) is 1. The van der Waals surface area contributed by atoms with Crippen LogP contribution in [0.2, 0.25) is 0 Å². The maximum atomic E-state index is 4.17. The third-order valence-electron chi connectivity index (χ3n) is 1.77. The average Bonchev–Trinajstić information content (AvgIpc) is 1.95. The van der Waals surface area contributed by atoms with Crippen molar-refractivity contribution in [2.75, 3.05) is 19.6 Å². The second-order valence-corrected chi connectivity index (χ2v) is 2.35. The van der Waals surface area contributed by atoms with Gasteiger partial charge in [0, 0.05) is 51.5 Å². The molecule has 0 aliphatic carbocycles. The Bertz CT molecular complexity index is 166. The van der Waals surface area contributed by atoms with Gasteiger partial charge in [-0.25, -0.2) is 0 Å². The summed E-state index contributed by atoms with van der Waals surface area (Å²) < 4.78 is 0. The van der Waals surface area contributed by atoms with Crippen LogP contribution in [0.1, 0.15) is 6.92 Å². The standard InChI is InChI=1S/C8H13N2.CH3.Y/c1-4-10-6-5-9-7(2)8(10)3;;/h2-6H2,1H3;1H3;/q2*-1;. The van der Waals surface area contributed by atoms with Crippen molar-refractivity contribution in [1.29, 1.82) is 0 Å². The zero-order chi connectivity index (χ0) is 7.56. The second-order valence-electron chi connectivity index (χ2n) is 2.35. The molecule has 1 aliphatic heterocycles. The minimum atomic E-state index is 0. The molecule has 67 valence electrons. The normalized spacial score (nSPS) is 15.9. The fourth-order valence-corrected chi connectivity index (χ4v) is 1.06. The van der Waals surface area contributed by atoms with Gasteiger partial charge < -0.3 is 17.6 Å². The van der Waals surface area contributed by atoms with E-state index in [-0.39, 0.29) is 40.1 Å². The van der Waals surface area contributed by atoms with Crippen LogP contribution < -0.4 is 0 Å². The number of hydrogen-bond acceptors (Lipinski definition) is 1. The monoisotopic (exact) mass is 241 g/mol. The predicted molar refractivity (Wildman–Crippen MR) is 50.2 cm³/mol. The van der Waals surface area contributed by atoms with Crippen LogP contribution in [0.5, 0.6) is 0 Å². The molecule has 0 unspecified atom stereocenters. The summed E-state index contributed by atoms with van der Waals surface area (Å²) in [6.07, 6.45) is 0. The van der Waals surface area contributed by atoms with Gasteiger partial charge in [-0.1, -0.05) is 6.58 Å². The van der Waals surface area contributed by atoms with Crippen LogP contribution in [0.15, 0.2) is 24.6 Å². The van der Waals surface area contributed by atoms with E-state index in [2.05, 4.69) is 30.3 Å². The van der Waals surface area contributed by atoms with Crippen LogP contribution in [0.4, 0.5) is 0 Å². The Labute approximate surface area is 101 Å². The Hall–Kier alpha value is 0.184. The minimum Gasteiger partial charge on any atom is -0.682 e. The Kier molecular flexibility index (Phi) is 8.17. The van der Waals surface area contributed by atoms with Gasteiger partial charge in [0.2, 0.25) is 0 Å². The first-order valence-electron chi connectivity index (χ1n) is 3.56. The summed E-state index contributed by atoms with van der Waals surface area (Å²) in [5.41, 5.74) is 1.82. The Morgan fingerprint density at radius 2 is 2.08 bits per heavy atom. The molecular weight excluding hydrogens is 225 g/mol. The van der Waals surface area contributed by atoms with Gasteiger partial charge >= 0.3 is 0 Å². The van der Waals surface area contributed by atoms with Crippen molar-refractivity contribution in [1.82, 2.24) is 4.90 Å². The number of piperazine rings is 1. The van der Waals surface area contributed by atoms with E-state index in [1.54, 1.807) is 0 Å². The van der Waals surface area contributed by atoms with Crippen LogP contribution in [0.25, 0.3) is 5.32 Å². The third-order valence-corrected chi connectivity index (χ3v) is 1.77. The Morgan fingerprint density at radius 1 is 1.50 bits per heavy atom. The van der Waals surface area contributed by atoms with Crippen LogP contribution in [0.3, 0.4) is 0 Å². The average molecular weight is 241 g/mol. The van der Waals surface area contributed by atoms with E-state index >= 15 is 0 Å². The van der Waals surface area contributed by atoms with Crippen molar-refractivity contribution in [3.63, 3.8) is 0 Å². The Morgan fingerprint density at radius 3 is 2.50 bits per heavy atom. The molecule has 0 saturated carbocycles. The summed E-state index contributed by atoms with van der Waals surface area (Å²) in [6.45, 7) is 12.6. The zero-order valence-corrected chi connectivity index (χ0v) is 10.8. The minimum absolute atomic E-state index is 0. The number of hydrogen-bond donors (Lipinski definition) is 0. The van der Waals surface area contributed by atoms with Gasteiger partial charge in [0.15, 0.2) is 0 Å². The first-order valence-corrected chi connectivity index (χ1v) is 3.56. The van der Waals surface area contributed by atoms with Crippen LogP contribution in [-0.4, -0.2) is 24.5 Å². The summed E-state index contributed by atoms with van der Waals surface area (Å²) >= 11 is 0. The van der Waals surface area contributed by atoms with Crippen molar-refractivity contribution < 1.29 is 32.7 Å². The summed E-state index contributed by atoms with van der Waals surface area (Å²) in [6, 6.07) is 0. The largest absolute Gasteiger partial charge is 0.682 e. The van der Waals surface area contributed by atoms with Crippen LogP contribution in [-0.2, 0) is 32.7 Å². The number of nitrogens with zero attached hydrogens (tertiary/aromatic N) is 2. The first-order chi connectivity index (χ1) is 4.75. The van der Waals surface area contributed by atoms with E-state index in [1.165, 1.54) is 0 Å². The number of rotatable bonds is 1. The maximum absolute atomic E-state index is 4.17. The smallest absolute Gasteiger partial charge is 0.0148 e. The Balaban J connectivity index is 0. The summed E-state index contributed by atoms with van der Waals surface area (Å²) in [4.78, 5) is 2.19. The molecule has 12 heavy (non-hydrogen) atoms. The molecule has 0 aromatic carbocycles. The molecule has 0 amide bonds. The SMILES string of the molecule is C=C1[N-]CCN(CC)C1=C.[CH3-].[Y]. The molecule has 0 aromatic rings. The molecule has 1 heterocycles. The van der Waals surface area contributed by atoms with Crippen LogP contribution in [0, 0.1) is 7.43 Å². The molecule has 1 rings (SSSR count). The van der Waals surface area contributed by atoms with E-state index in [0.717, 1.165) is 31.0 Å². The fraction of sp³-hybridized carbons (Fsp3) is 0.444. The topological polar surface area (TPSA) is 17.3 Å². The van der Waals surface area contributed by atoms with E-state index in [1.807, 2.05) is 0 Å². The molecule has 2 nitrogen and oxygen atoms in total. The summed E-state index contributed by atoms with van der Waals surface area (Å²) in [5, 5.41) is 4.17. The van der Waals surface area contributed by atoms with Crippen LogP contribution >= 0.6 is 0 Å². The van der Waals surface area contributed by atoms with Crippen molar-refractivity contribution >= 4 is 0 Å². The van der Waals surface area contributed by atoms with Gasteiger partial charge in [-0.3, -0.25) is 0 Å². The fourth-order valence-electron chi connectivity index (χ4n) is 1.06. The maximum Gasteiger partial charge on any atom is 0.0148 e.